The number of carbonyl (C=O) groups is 1. The molecule has 0 fully saturated rings. The number of aryl methyl sites for hydroxylation is 1. The van der Waals surface area contributed by atoms with Crippen molar-refractivity contribution in [1.29, 1.82) is 0 Å². The van der Waals surface area contributed by atoms with Gasteiger partial charge in [-0.2, -0.15) is 16.1 Å². The van der Waals surface area contributed by atoms with Gasteiger partial charge < -0.3 is 5.32 Å². The number of aromatic nitrogens is 1. The molecule has 1 rings (SSSR count). The monoisotopic (exact) mass is 258 g/mol. The molecule has 1 aromatic heterocycles. The van der Waals surface area contributed by atoms with Crippen LogP contribution in [0.4, 0.5) is 5.00 Å². The summed E-state index contributed by atoms with van der Waals surface area (Å²) in [6.45, 7) is 6.56. The molecule has 0 aromatic carbocycles. The van der Waals surface area contributed by atoms with E-state index >= 15 is 0 Å². The van der Waals surface area contributed by atoms with Crippen molar-refractivity contribution in [1.82, 2.24) is 4.37 Å². The fourth-order valence-corrected chi connectivity index (χ4v) is 2.63. The molecule has 0 saturated heterocycles. The fraction of sp³-hybridized carbons (Fsp3) is 0.636. The highest BCUT2D eigenvalue weighted by atomic mass is 32.2. The molecule has 0 aliphatic carbocycles. The molecule has 0 saturated carbocycles. The molecule has 0 aliphatic rings. The minimum Gasteiger partial charge on any atom is -0.375 e. The van der Waals surface area contributed by atoms with Gasteiger partial charge in [0.1, 0.15) is 5.00 Å². The quantitative estimate of drug-likeness (QED) is 0.796. The third-order valence-electron chi connectivity index (χ3n) is 2.45. The number of rotatable bonds is 6. The van der Waals surface area contributed by atoms with Gasteiger partial charge in [0.05, 0.1) is 11.3 Å². The Balaban J connectivity index is 2.57. The van der Waals surface area contributed by atoms with E-state index in [2.05, 4.69) is 22.9 Å². The molecular formula is C11H18N2OS2. The number of nitrogens with one attached hydrogen (secondary N) is 1. The van der Waals surface area contributed by atoms with E-state index in [0.717, 1.165) is 29.2 Å². The van der Waals surface area contributed by atoms with Gasteiger partial charge in [0.15, 0.2) is 5.78 Å². The molecule has 3 nitrogen and oxygen atoms in total. The van der Waals surface area contributed by atoms with Crippen LogP contribution in [0.15, 0.2) is 0 Å². The number of hydrogen-bond donors (Lipinski definition) is 1. The second-order valence-electron chi connectivity index (χ2n) is 3.79. The first-order valence-electron chi connectivity index (χ1n) is 5.30. The van der Waals surface area contributed by atoms with Gasteiger partial charge in [-0.1, -0.05) is 6.92 Å². The van der Waals surface area contributed by atoms with Crippen LogP contribution in [-0.4, -0.2) is 28.2 Å². The average Bonchev–Trinajstić information content (AvgIpc) is 2.59. The smallest absolute Gasteiger partial charge is 0.164 e. The predicted molar refractivity (Wildman–Crippen MR) is 72.9 cm³/mol. The molecule has 90 valence electrons. The summed E-state index contributed by atoms with van der Waals surface area (Å²) in [6, 6.07) is 0. The maximum Gasteiger partial charge on any atom is 0.164 e. The molecule has 1 aromatic rings. The van der Waals surface area contributed by atoms with E-state index in [-0.39, 0.29) is 5.78 Å². The summed E-state index contributed by atoms with van der Waals surface area (Å²) in [6.07, 6.45) is 3.21. The Morgan fingerprint density at radius 1 is 1.62 bits per heavy atom. The van der Waals surface area contributed by atoms with E-state index in [1.165, 1.54) is 11.5 Å². The van der Waals surface area contributed by atoms with Gasteiger partial charge in [-0.25, -0.2) is 0 Å². The van der Waals surface area contributed by atoms with E-state index in [1.54, 1.807) is 6.92 Å². The first-order valence-corrected chi connectivity index (χ1v) is 7.36. The van der Waals surface area contributed by atoms with Gasteiger partial charge in [-0.15, -0.1) is 0 Å². The van der Waals surface area contributed by atoms with Crippen LogP contribution in [0, 0.1) is 6.92 Å². The zero-order valence-corrected chi connectivity index (χ0v) is 11.8. The van der Waals surface area contributed by atoms with Gasteiger partial charge in [0, 0.05) is 11.8 Å². The molecule has 5 heteroatoms. The molecule has 1 unspecified atom stereocenters. The second-order valence-corrected chi connectivity index (χ2v) is 5.84. The summed E-state index contributed by atoms with van der Waals surface area (Å²) in [5.74, 6) is 0.0895. The van der Waals surface area contributed by atoms with Crippen LogP contribution in [-0.2, 0) is 0 Å². The number of carbonyl (C=O) groups excluding carboxylic acids is 1. The molecule has 0 spiro atoms. The summed E-state index contributed by atoms with van der Waals surface area (Å²) in [7, 11) is 0. The fourth-order valence-electron chi connectivity index (χ4n) is 1.41. The van der Waals surface area contributed by atoms with Crippen LogP contribution in [0.3, 0.4) is 0 Å². The largest absolute Gasteiger partial charge is 0.375 e. The van der Waals surface area contributed by atoms with Crippen LogP contribution in [0.25, 0.3) is 0 Å². The molecule has 1 atom stereocenters. The van der Waals surface area contributed by atoms with Crippen molar-refractivity contribution in [3.63, 3.8) is 0 Å². The summed E-state index contributed by atoms with van der Waals surface area (Å²) < 4.78 is 4.21. The Labute approximate surface area is 105 Å². The minimum atomic E-state index is 0.0895. The first kappa shape index (κ1) is 13.5. The number of thioether (sulfide) groups is 1. The number of anilines is 1. The van der Waals surface area contributed by atoms with Crippen molar-refractivity contribution in [3.8, 4) is 0 Å². The van der Waals surface area contributed by atoms with Crippen molar-refractivity contribution >= 4 is 34.1 Å². The van der Waals surface area contributed by atoms with Crippen molar-refractivity contribution in [2.24, 2.45) is 0 Å². The van der Waals surface area contributed by atoms with E-state index in [4.69, 9.17) is 0 Å². The third-order valence-corrected chi connectivity index (χ3v) is 4.39. The summed E-state index contributed by atoms with van der Waals surface area (Å²) in [5.41, 5.74) is 1.58. The highest BCUT2D eigenvalue weighted by molar-refractivity contribution is 7.99. The lowest BCUT2D eigenvalue weighted by atomic mass is 10.2. The van der Waals surface area contributed by atoms with Crippen LogP contribution in [0.1, 0.15) is 36.3 Å². The Bertz CT molecular complexity index is 363. The van der Waals surface area contributed by atoms with Crippen LogP contribution < -0.4 is 5.32 Å². The molecule has 0 aliphatic heterocycles. The first-order chi connectivity index (χ1) is 7.56. The number of nitrogens with zero attached hydrogens (tertiary/aromatic N) is 1. The lowest BCUT2D eigenvalue weighted by Crippen LogP contribution is -2.09. The SMILES string of the molecule is CSC(C)CCNc1snc(C)c1C(C)=O. The molecule has 0 bridgehead atoms. The van der Waals surface area contributed by atoms with Crippen molar-refractivity contribution in [3.05, 3.63) is 11.3 Å². The predicted octanol–water partition coefficient (Wildman–Crippen LogP) is 3.21. The Kier molecular flexibility index (Phi) is 5.28. The average molecular weight is 258 g/mol. The second kappa shape index (κ2) is 6.25. The van der Waals surface area contributed by atoms with E-state index in [9.17, 15) is 4.79 Å². The zero-order chi connectivity index (χ0) is 12.1. The minimum absolute atomic E-state index is 0.0895. The molecule has 0 amide bonds. The zero-order valence-electron chi connectivity index (χ0n) is 10.2. The maximum absolute atomic E-state index is 11.4. The standard InChI is InChI=1S/C11H18N2OS2/c1-7(15-4)5-6-12-11-10(9(3)14)8(2)13-16-11/h7,12H,5-6H2,1-4H3. The van der Waals surface area contributed by atoms with Gasteiger partial charge in [0.2, 0.25) is 0 Å². The van der Waals surface area contributed by atoms with Crippen molar-refractivity contribution < 1.29 is 4.79 Å². The molecule has 1 N–H and O–H groups in total. The summed E-state index contributed by atoms with van der Waals surface area (Å²) >= 11 is 3.23. The Morgan fingerprint density at radius 3 is 2.88 bits per heavy atom. The molecular weight excluding hydrogens is 240 g/mol. The maximum atomic E-state index is 11.4. The van der Waals surface area contributed by atoms with Gasteiger partial charge in [-0.3, -0.25) is 4.79 Å². The molecule has 16 heavy (non-hydrogen) atoms. The van der Waals surface area contributed by atoms with Crippen LogP contribution >= 0.6 is 23.3 Å². The lowest BCUT2D eigenvalue weighted by molar-refractivity contribution is 0.101. The van der Waals surface area contributed by atoms with Crippen LogP contribution in [0.2, 0.25) is 0 Å². The van der Waals surface area contributed by atoms with Gasteiger partial charge in [-0.05, 0) is 38.1 Å². The lowest BCUT2D eigenvalue weighted by Gasteiger charge is -2.09. The Morgan fingerprint density at radius 2 is 2.31 bits per heavy atom. The van der Waals surface area contributed by atoms with E-state index in [0.29, 0.717) is 5.25 Å². The van der Waals surface area contributed by atoms with E-state index in [1.807, 2.05) is 18.7 Å². The normalized spacial score (nSPS) is 12.5. The molecule has 1 heterocycles. The van der Waals surface area contributed by atoms with Gasteiger partial charge >= 0.3 is 0 Å². The number of hydrogen-bond acceptors (Lipinski definition) is 5. The highest BCUT2D eigenvalue weighted by Gasteiger charge is 2.14. The molecule has 0 radical (unpaired) electrons. The topological polar surface area (TPSA) is 42.0 Å². The third kappa shape index (κ3) is 3.49. The number of ketones is 1. The summed E-state index contributed by atoms with van der Waals surface area (Å²) in [5, 5.41) is 4.86. The van der Waals surface area contributed by atoms with Gasteiger partial charge in [0.25, 0.3) is 0 Å². The van der Waals surface area contributed by atoms with E-state index < -0.39 is 0 Å². The van der Waals surface area contributed by atoms with Crippen molar-refractivity contribution in [2.75, 3.05) is 18.1 Å². The van der Waals surface area contributed by atoms with Crippen molar-refractivity contribution in [2.45, 2.75) is 32.4 Å². The highest BCUT2D eigenvalue weighted by Crippen LogP contribution is 2.25. The van der Waals surface area contributed by atoms with Crippen LogP contribution in [0.5, 0.6) is 0 Å². The Hall–Kier alpha value is -0.550. The summed E-state index contributed by atoms with van der Waals surface area (Å²) in [4.78, 5) is 11.4. The number of Topliss-reactive ketones (excluding diaryl/α,β-unsaturated/α-hetero) is 1.